The van der Waals surface area contributed by atoms with Crippen LogP contribution in [0.4, 0.5) is 5.69 Å². The van der Waals surface area contributed by atoms with Gasteiger partial charge >= 0.3 is 0 Å². The Labute approximate surface area is 168 Å². The SMILES string of the molecule is CC(=O)N(CCC(=O)N1CCc2ccccc2C1)c1ccc(C(C)(C)C)cc1. The van der Waals surface area contributed by atoms with Gasteiger partial charge in [0, 0.05) is 38.7 Å². The number of carbonyl (C=O) groups is 2. The van der Waals surface area contributed by atoms with E-state index in [-0.39, 0.29) is 17.2 Å². The second kappa shape index (κ2) is 8.17. The van der Waals surface area contributed by atoms with Crippen LogP contribution in [0.2, 0.25) is 0 Å². The summed E-state index contributed by atoms with van der Waals surface area (Å²) in [5, 5.41) is 0. The number of rotatable bonds is 4. The lowest BCUT2D eigenvalue weighted by Gasteiger charge is -2.30. The Morgan fingerprint density at radius 2 is 1.64 bits per heavy atom. The van der Waals surface area contributed by atoms with Gasteiger partial charge in [0.05, 0.1) is 0 Å². The highest BCUT2D eigenvalue weighted by atomic mass is 16.2. The van der Waals surface area contributed by atoms with Crippen molar-refractivity contribution in [1.82, 2.24) is 4.90 Å². The zero-order valence-electron chi connectivity index (χ0n) is 17.4. The summed E-state index contributed by atoms with van der Waals surface area (Å²) in [4.78, 5) is 28.5. The normalized spacial score (nSPS) is 13.8. The van der Waals surface area contributed by atoms with Crippen molar-refractivity contribution in [2.45, 2.75) is 52.5 Å². The number of hydrogen-bond acceptors (Lipinski definition) is 2. The first-order chi connectivity index (χ1) is 13.3. The van der Waals surface area contributed by atoms with E-state index >= 15 is 0 Å². The van der Waals surface area contributed by atoms with E-state index < -0.39 is 0 Å². The van der Waals surface area contributed by atoms with Gasteiger partial charge in [0.1, 0.15) is 0 Å². The molecular formula is C24H30N2O2. The summed E-state index contributed by atoms with van der Waals surface area (Å²) in [5.41, 5.74) is 4.69. The highest BCUT2D eigenvalue weighted by Gasteiger charge is 2.22. The first-order valence-electron chi connectivity index (χ1n) is 9.99. The van der Waals surface area contributed by atoms with Gasteiger partial charge in [-0.2, -0.15) is 0 Å². The van der Waals surface area contributed by atoms with Gasteiger partial charge in [-0.3, -0.25) is 9.59 Å². The van der Waals surface area contributed by atoms with E-state index in [2.05, 4.69) is 45.0 Å². The second-order valence-electron chi connectivity index (χ2n) is 8.55. The van der Waals surface area contributed by atoms with Crippen LogP contribution in [-0.4, -0.2) is 29.8 Å². The predicted molar refractivity (Wildman–Crippen MR) is 113 cm³/mol. The van der Waals surface area contributed by atoms with Crippen molar-refractivity contribution < 1.29 is 9.59 Å². The van der Waals surface area contributed by atoms with E-state index in [0.717, 1.165) is 18.7 Å². The summed E-state index contributed by atoms with van der Waals surface area (Å²) in [6.07, 6.45) is 1.23. The fourth-order valence-corrected chi connectivity index (χ4v) is 3.68. The van der Waals surface area contributed by atoms with Gasteiger partial charge in [0.25, 0.3) is 0 Å². The molecule has 0 N–H and O–H groups in total. The van der Waals surface area contributed by atoms with Crippen molar-refractivity contribution >= 4 is 17.5 Å². The lowest BCUT2D eigenvalue weighted by atomic mass is 9.87. The number of nitrogens with zero attached hydrogens (tertiary/aromatic N) is 2. The van der Waals surface area contributed by atoms with Crippen LogP contribution in [0, 0.1) is 0 Å². The second-order valence-corrected chi connectivity index (χ2v) is 8.55. The molecular weight excluding hydrogens is 348 g/mol. The number of hydrogen-bond donors (Lipinski definition) is 0. The molecule has 0 saturated carbocycles. The van der Waals surface area contributed by atoms with Gasteiger partial charge < -0.3 is 9.80 Å². The smallest absolute Gasteiger partial charge is 0.224 e. The highest BCUT2D eigenvalue weighted by Crippen LogP contribution is 2.25. The quantitative estimate of drug-likeness (QED) is 0.795. The minimum absolute atomic E-state index is 0.0414. The number of amides is 2. The molecule has 148 valence electrons. The van der Waals surface area contributed by atoms with E-state index in [1.165, 1.54) is 16.7 Å². The van der Waals surface area contributed by atoms with Crippen molar-refractivity contribution in [3.8, 4) is 0 Å². The monoisotopic (exact) mass is 378 g/mol. The summed E-state index contributed by atoms with van der Waals surface area (Å²) in [6, 6.07) is 16.4. The molecule has 0 spiro atoms. The van der Waals surface area contributed by atoms with Crippen LogP contribution in [0.25, 0.3) is 0 Å². The fourth-order valence-electron chi connectivity index (χ4n) is 3.68. The molecule has 1 aliphatic heterocycles. The molecule has 0 atom stereocenters. The maximum Gasteiger partial charge on any atom is 0.224 e. The molecule has 1 heterocycles. The molecule has 2 aromatic rings. The molecule has 0 unspecified atom stereocenters. The molecule has 4 nitrogen and oxygen atoms in total. The molecule has 3 rings (SSSR count). The highest BCUT2D eigenvalue weighted by molar-refractivity contribution is 5.92. The van der Waals surface area contributed by atoms with Crippen LogP contribution >= 0.6 is 0 Å². The van der Waals surface area contributed by atoms with Gasteiger partial charge in [-0.1, -0.05) is 57.2 Å². The van der Waals surface area contributed by atoms with Gasteiger partial charge in [0.15, 0.2) is 0 Å². The maximum atomic E-state index is 12.7. The zero-order chi connectivity index (χ0) is 20.3. The Hall–Kier alpha value is -2.62. The zero-order valence-corrected chi connectivity index (χ0v) is 17.4. The summed E-state index contributed by atoms with van der Waals surface area (Å²) in [5.74, 6) is 0.0624. The van der Waals surface area contributed by atoms with Crippen LogP contribution < -0.4 is 4.90 Å². The van der Waals surface area contributed by atoms with Crippen LogP contribution in [0.15, 0.2) is 48.5 Å². The number of benzene rings is 2. The van der Waals surface area contributed by atoms with E-state index in [4.69, 9.17) is 0 Å². The lowest BCUT2D eigenvalue weighted by molar-refractivity contribution is -0.131. The average molecular weight is 379 g/mol. The van der Waals surface area contributed by atoms with Crippen LogP contribution in [0.1, 0.15) is 50.8 Å². The summed E-state index contributed by atoms with van der Waals surface area (Å²) >= 11 is 0. The Bertz CT molecular complexity index is 850. The van der Waals surface area contributed by atoms with Crippen molar-refractivity contribution in [2.24, 2.45) is 0 Å². The minimum Gasteiger partial charge on any atom is -0.338 e. The molecule has 0 saturated heterocycles. The molecule has 0 radical (unpaired) electrons. The Balaban J connectivity index is 1.64. The Morgan fingerprint density at radius 1 is 1.00 bits per heavy atom. The molecule has 0 bridgehead atoms. The summed E-state index contributed by atoms with van der Waals surface area (Å²) in [6.45, 7) is 9.87. The molecule has 0 aromatic heterocycles. The van der Waals surface area contributed by atoms with E-state index in [1.807, 2.05) is 29.2 Å². The van der Waals surface area contributed by atoms with Crippen molar-refractivity contribution in [3.05, 3.63) is 65.2 Å². The molecule has 0 fully saturated rings. The number of fused-ring (bicyclic) bond motifs is 1. The van der Waals surface area contributed by atoms with Crippen LogP contribution in [0.3, 0.4) is 0 Å². The third-order valence-electron chi connectivity index (χ3n) is 5.46. The summed E-state index contributed by atoms with van der Waals surface area (Å²) < 4.78 is 0. The summed E-state index contributed by atoms with van der Waals surface area (Å²) in [7, 11) is 0. The molecule has 1 aliphatic rings. The molecule has 4 heteroatoms. The fraction of sp³-hybridized carbons (Fsp3) is 0.417. The third-order valence-corrected chi connectivity index (χ3v) is 5.46. The molecule has 0 aliphatic carbocycles. The van der Waals surface area contributed by atoms with Gasteiger partial charge in [-0.25, -0.2) is 0 Å². The largest absolute Gasteiger partial charge is 0.338 e. The predicted octanol–water partition coefficient (Wildman–Crippen LogP) is 4.31. The van der Waals surface area contributed by atoms with Crippen molar-refractivity contribution in [1.29, 1.82) is 0 Å². The van der Waals surface area contributed by atoms with Crippen LogP contribution in [-0.2, 0) is 28.0 Å². The maximum absolute atomic E-state index is 12.7. The van der Waals surface area contributed by atoms with Gasteiger partial charge in [-0.05, 0) is 40.7 Å². The molecule has 2 amide bonds. The van der Waals surface area contributed by atoms with E-state index in [0.29, 0.717) is 19.5 Å². The first kappa shape index (κ1) is 20.1. The minimum atomic E-state index is -0.0414. The lowest BCUT2D eigenvalue weighted by Crippen LogP contribution is -2.39. The topological polar surface area (TPSA) is 40.6 Å². The number of carbonyl (C=O) groups excluding carboxylic acids is 2. The van der Waals surface area contributed by atoms with Crippen molar-refractivity contribution in [2.75, 3.05) is 18.0 Å². The van der Waals surface area contributed by atoms with E-state index in [1.54, 1.807) is 11.8 Å². The Kier molecular flexibility index (Phi) is 5.87. The van der Waals surface area contributed by atoms with Gasteiger partial charge in [-0.15, -0.1) is 0 Å². The van der Waals surface area contributed by atoms with E-state index in [9.17, 15) is 9.59 Å². The molecule has 28 heavy (non-hydrogen) atoms. The van der Waals surface area contributed by atoms with Gasteiger partial charge in [0.2, 0.25) is 11.8 Å². The Morgan fingerprint density at radius 3 is 2.25 bits per heavy atom. The van der Waals surface area contributed by atoms with Crippen LogP contribution in [0.5, 0.6) is 0 Å². The third kappa shape index (κ3) is 4.61. The first-order valence-corrected chi connectivity index (χ1v) is 9.99. The average Bonchev–Trinajstić information content (AvgIpc) is 2.67. The standard InChI is InChI=1S/C24H30N2O2/c1-18(27)26(22-11-9-21(10-12-22)24(2,3)4)16-14-23(28)25-15-13-19-7-5-6-8-20(19)17-25/h5-12H,13-17H2,1-4H3. The van der Waals surface area contributed by atoms with Crippen molar-refractivity contribution in [3.63, 3.8) is 0 Å². The molecule has 2 aromatic carbocycles. The number of anilines is 1.